The van der Waals surface area contributed by atoms with Gasteiger partial charge in [0.2, 0.25) is 0 Å². The molecule has 0 unspecified atom stereocenters. The maximum absolute atomic E-state index is 8.74. The van der Waals surface area contributed by atoms with E-state index in [0.29, 0.717) is 0 Å². The molecule has 2 heterocycles. The average molecular weight is 413 g/mol. The zero-order chi connectivity index (χ0) is 21.6. The van der Waals surface area contributed by atoms with Crippen LogP contribution in [0.4, 0.5) is 0 Å². The molecule has 2 N–H and O–H groups in total. The monoisotopic (exact) mass is 412 g/mol. The molecule has 0 aliphatic heterocycles. The third kappa shape index (κ3) is 6.60. The molecule has 0 atom stereocenters. The van der Waals surface area contributed by atoms with Crippen molar-refractivity contribution < 1.29 is 17.5 Å². The summed E-state index contributed by atoms with van der Waals surface area (Å²) < 4.78 is 31.6. The fraction of sp³-hybridized carbons (Fsp3) is 0.182. The highest BCUT2D eigenvalue weighted by molar-refractivity contribution is 7.79. The Kier molecular flexibility index (Phi) is 7.39. The third-order valence-corrected chi connectivity index (χ3v) is 4.60. The third-order valence-electron chi connectivity index (χ3n) is 4.60. The van der Waals surface area contributed by atoms with Crippen LogP contribution in [0.25, 0.3) is 21.8 Å². The van der Waals surface area contributed by atoms with E-state index < -0.39 is 10.4 Å². The summed E-state index contributed by atoms with van der Waals surface area (Å²) in [4.78, 5) is 8.68. The van der Waals surface area contributed by atoms with Gasteiger partial charge in [0.15, 0.2) is 0 Å². The topological polar surface area (TPSA) is 100 Å². The SMILES string of the molecule is Cc1ccc2cccnc2c1C.Cc1ccc2cccnc2c1C.O=S(=O)(O)O. The van der Waals surface area contributed by atoms with Crippen LogP contribution in [0.15, 0.2) is 60.9 Å². The van der Waals surface area contributed by atoms with Crippen LogP contribution in [0.5, 0.6) is 0 Å². The summed E-state index contributed by atoms with van der Waals surface area (Å²) in [5.74, 6) is 0. The molecule has 4 rings (SSSR count). The van der Waals surface area contributed by atoms with Crippen LogP contribution in [-0.2, 0) is 10.4 Å². The first-order valence-electron chi connectivity index (χ1n) is 8.89. The molecule has 4 aromatic rings. The first-order chi connectivity index (χ1) is 13.6. The standard InChI is InChI=1S/2C11H11N.H2O4S/c2*1-8-5-6-10-4-3-7-12-11(10)9(8)2;1-5(2,3)4/h2*3-7H,1-2H3;(H2,1,2,3,4). The normalized spacial score (nSPS) is 10.7. The Morgan fingerprint density at radius 3 is 1.34 bits per heavy atom. The van der Waals surface area contributed by atoms with E-state index in [4.69, 9.17) is 17.5 Å². The number of hydrogen-bond acceptors (Lipinski definition) is 4. The minimum Gasteiger partial charge on any atom is -0.264 e. The molecule has 29 heavy (non-hydrogen) atoms. The number of aryl methyl sites for hydroxylation is 4. The van der Waals surface area contributed by atoms with Crippen molar-refractivity contribution in [3.8, 4) is 0 Å². The average Bonchev–Trinajstić information content (AvgIpc) is 2.67. The van der Waals surface area contributed by atoms with Gasteiger partial charge in [-0.3, -0.25) is 19.1 Å². The summed E-state index contributed by atoms with van der Waals surface area (Å²) >= 11 is 0. The number of aromatic nitrogens is 2. The maximum atomic E-state index is 8.74. The Balaban J connectivity index is 0.000000170. The predicted molar refractivity (Wildman–Crippen MR) is 117 cm³/mol. The fourth-order valence-electron chi connectivity index (χ4n) is 2.78. The molecule has 152 valence electrons. The van der Waals surface area contributed by atoms with Crippen molar-refractivity contribution in [2.75, 3.05) is 0 Å². The summed E-state index contributed by atoms with van der Waals surface area (Å²) in [5.41, 5.74) is 7.43. The van der Waals surface area contributed by atoms with Crippen LogP contribution in [0, 0.1) is 27.7 Å². The lowest BCUT2D eigenvalue weighted by atomic mass is 10.1. The van der Waals surface area contributed by atoms with E-state index >= 15 is 0 Å². The van der Waals surface area contributed by atoms with Crippen LogP contribution in [0.3, 0.4) is 0 Å². The van der Waals surface area contributed by atoms with Gasteiger partial charge in [-0.2, -0.15) is 8.42 Å². The Bertz CT molecular complexity index is 1150. The summed E-state index contributed by atoms with van der Waals surface area (Å²) in [6.45, 7) is 8.46. The van der Waals surface area contributed by atoms with E-state index in [1.165, 1.54) is 33.0 Å². The maximum Gasteiger partial charge on any atom is 0.394 e. The molecule has 2 aromatic heterocycles. The molecule has 7 heteroatoms. The van der Waals surface area contributed by atoms with Gasteiger partial charge >= 0.3 is 10.4 Å². The second-order valence-electron chi connectivity index (χ2n) is 6.61. The summed E-state index contributed by atoms with van der Waals surface area (Å²) in [6, 6.07) is 16.6. The molecule has 0 amide bonds. The van der Waals surface area contributed by atoms with Crippen LogP contribution < -0.4 is 0 Å². The number of fused-ring (bicyclic) bond motifs is 2. The van der Waals surface area contributed by atoms with E-state index in [1.54, 1.807) is 0 Å². The summed E-state index contributed by atoms with van der Waals surface area (Å²) in [7, 11) is -4.67. The molecule has 2 aromatic carbocycles. The van der Waals surface area contributed by atoms with E-state index in [1.807, 2.05) is 24.5 Å². The van der Waals surface area contributed by atoms with Gasteiger partial charge in [0.1, 0.15) is 0 Å². The highest BCUT2D eigenvalue weighted by Gasteiger charge is 1.99. The Hall–Kier alpha value is -2.87. The Morgan fingerprint density at radius 1 is 0.655 bits per heavy atom. The molecule has 0 fully saturated rings. The molecule has 0 bridgehead atoms. The van der Waals surface area contributed by atoms with Crippen molar-refractivity contribution in [3.05, 3.63) is 83.2 Å². The number of rotatable bonds is 0. The zero-order valence-electron chi connectivity index (χ0n) is 16.8. The van der Waals surface area contributed by atoms with Crippen molar-refractivity contribution >= 4 is 32.2 Å². The van der Waals surface area contributed by atoms with Gasteiger partial charge in [-0.15, -0.1) is 0 Å². The van der Waals surface area contributed by atoms with Gasteiger partial charge in [-0.25, -0.2) is 0 Å². The van der Waals surface area contributed by atoms with Crippen molar-refractivity contribution in [1.29, 1.82) is 0 Å². The second-order valence-corrected chi connectivity index (χ2v) is 7.51. The van der Waals surface area contributed by atoms with Crippen LogP contribution in [0.2, 0.25) is 0 Å². The van der Waals surface area contributed by atoms with Gasteiger partial charge < -0.3 is 0 Å². The first-order valence-corrected chi connectivity index (χ1v) is 10.3. The molecular formula is C22H24N2O4S. The minimum absolute atomic E-state index is 1.12. The summed E-state index contributed by atoms with van der Waals surface area (Å²) in [5, 5.41) is 2.45. The molecule has 0 saturated heterocycles. The molecule has 0 saturated carbocycles. The number of nitrogens with zero attached hydrogens (tertiary/aromatic N) is 2. The van der Waals surface area contributed by atoms with Crippen molar-refractivity contribution in [2.24, 2.45) is 0 Å². The smallest absolute Gasteiger partial charge is 0.264 e. The predicted octanol–water partition coefficient (Wildman–Crippen LogP) is 5.05. The van der Waals surface area contributed by atoms with Gasteiger partial charge in [-0.05, 0) is 62.1 Å². The van der Waals surface area contributed by atoms with Gasteiger partial charge in [0.05, 0.1) is 11.0 Å². The lowest BCUT2D eigenvalue weighted by molar-refractivity contribution is 0.381. The van der Waals surface area contributed by atoms with Crippen LogP contribution >= 0.6 is 0 Å². The molecule has 0 aliphatic rings. The lowest BCUT2D eigenvalue weighted by Crippen LogP contribution is -1.89. The van der Waals surface area contributed by atoms with Crippen LogP contribution in [-0.4, -0.2) is 27.5 Å². The zero-order valence-corrected chi connectivity index (χ0v) is 17.6. The van der Waals surface area contributed by atoms with Crippen molar-refractivity contribution in [2.45, 2.75) is 27.7 Å². The number of benzene rings is 2. The van der Waals surface area contributed by atoms with Crippen LogP contribution in [0.1, 0.15) is 22.3 Å². The van der Waals surface area contributed by atoms with Gasteiger partial charge in [0, 0.05) is 23.2 Å². The fourth-order valence-corrected chi connectivity index (χ4v) is 2.78. The van der Waals surface area contributed by atoms with Gasteiger partial charge in [0.25, 0.3) is 0 Å². The highest BCUT2D eigenvalue weighted by Crippen LogP contribution is 2.19. The summed E-state index contributed by atoms with van der Waals surface area (Å²) in [6.07, 6.45) is 3.68. The second kappa shape index (κ2) is 9.56. The van der Waals surface area contributed by atoms with E-state index in [0.717, 1.165) is 11.0 Å². The lowest BCUT2D eigenvalue weighted by Gasteiger charge is -2.02. The minimum atomic E-state index is -4.67. The van der Waals surface area contributed by atoms with Crippen molar-refractivity contribution in [1.82, 2.24) is 9.97 Å². The van der Waals surface area contributed by atoms with Crippen molar-refractivity contribution in [3.63, 3.8) is 0 Å². The number of pyridine rings is 2. The largest absolute Gasteiger partial charge is 0.394 e. The number of hydrogen-bond donors (Lipinski definition) is 2. The van der Waals surface area contributed by atoms with Gasteiger partial charge in [-0.1, -0.05) is 36.4 Å². The highest BCUT2D eigenvalue weighted by atomic mass is 32.3. The molecule has 0 radical (unpaired) electrons. The first kappa shape index (κ1) is 22.4. The van der Waals surface area contributed by atoms with E-state index in [-0.39, 0.29) is 0 Å². The Morgan fingerprint density at radius 2 is 1.00 bits per heavy atom. The van der Waals surface area contributed by atoms with E-state index in [9.17, 15) is 0 Å². The molecule has 0 aliphatic carbocycles. The Labute approximate surface area is 170 Å². The van der Waals surface area contributed by atoms with E-state index in [2.05, 4.69) is 74.1 Å². The molecular weight excluding hydrogens is 388 g/mol. The molecule has 6 nitrogen and oxygen atoms in total. The quantitative estimate of drug-likeness (QED) is 0.392. The molecule has 0 spiro atoms.